The normalized spacial score (nSPS) is 19.3. The average Bonchev–Trinajstić information content (AvgIpc) is 3.98. The third-order valence-corrected chi connectivity index (χ3v) is 20.1. The Morgan fingerprint density at radius 3 is 1.34 bits per heavy atom. The van der Waals surface area contributed by atoms with Crippen LogP contribution in [0, 0.1) is 0 Å². The van der Waals surface area contributed by atoms with Gasteiger partial charge in [0.2, 0.25) is 0 Å². The molecule has 0 fully saturated rings. The van der Waals surface area contributed by atoms with Crippen molar-refractivity contribution in [3.63, 3.8) is 0 Å². The molecule has 12 rings (SSSR count). The van der Waals surface area contributed by atoms with Crippen LogP contribution in [0.15, 0.2) is 164 Å². The van der Waals surface area contributed by atoms with Crippen LogP contribution in [0.3, 0.4) is 0 Å². The molecule has 0 bridgehead atoms. The Morgan fingerprint density at radius 2 is 0.822 bits per heavy atom. The zero-order chi connectivity index (χ0) is 50.9. The molecule has 0 amide bonds. The number of benzene rings is 8. The van der Waals surface area contributed by atoms with Crippen molar-refractivity contribution in [3.8, 4) is 55.6 Å². The van der Waals surface area contributed by atoms with Crippen molar-refractivity contribution >= 4 is 0 Å². The van der Waals surface area contributed by atoms with Gasteiger partial charge in [-0.05, 0) is 187 Å². The molecule has 4 aliphatic carbocycles. The maximum absolute atomic E-state index is 16.0. The minimum Gasteiger partial charge on any atom is -0.170 e. The molecule has 0 nitrogen and oxygen atoms in total. The van der Waals surface area contributed by atoms with Gasteiger partial charge in [-0.1, -0.05) is 200 Å². The topological polar surface area (TPSA) is 0 Å². The van der Waals surface area contributed by atoms with Crippen LogP contribution in [0.25, 0.3) is 55.6 Å². The molecule has 0 aliphatic heterocycles. The van der Waals surface area contributed by atoms with E-state index in [1.807, 2.05) is 24.3 Å². The number of hydrogen-bond donors (Lipinski definition) is 0. The highest BCUT2D eigenvalue weighted by Crippen LogP contribution is 2.61. The Hall–Kier alpha value is -6.45. The third kappa shape index (κ3) is 6.27. The molecule has 8 aromatic rings. The van der Waals surface area contributed by atoms with Gasteiger partial charge < -0.3 is 0 Å². The van der Waals surface area contributed by atoms with Crippen molar-refractivity contribution < 1.29 is 13.2 Å². The molecule has 0 radical (unpaired) electrons. The summed E-state index contributed by atoms with van der Waals surface area (Å²) < 4.78 is 48.1. The van der Waals surface area contributed by atoms with Gasteiger partial charge in [-0.25, -0.2) is 0 Å². The molecule has 368 valence electrons. The van der Waals surface area contributed by atoms with E-state index in [0.717, 1.165) is 84.7 Å². The predicted octanol–water partition coefficient (Wildman–Crippen LogP) is 19.4. The predicted molar refractivity (Wildman–Crippen MR) is 298 cm³/mol. The van der Waals surface area contributed by atoms with E-state index in [9.17, 15) is 0 Å². The zero-order valence-corrected chi connectivity index (χ0v) is 43.9. The minimum absolute atomic E-state index is 0.00578. The summed E-state index contributed by atoms with van der Waals surface area (Å²) in [7, 11) is 0. The Bertz CT molecular complexity index is 3480. The summed E-state index contributed by atoms with van der Waals surface area (Å²) in [5.74, 6) is 0. The first kappa shape index (κ1) is 47.5. The van der Waals surface area contributed by atoms with Crippen molar-refractivity contribution in [1.29, 1.82) is 0 Å². The van der Waals surface area contributed by atoms with Gasteiger partial charge in [-0.15, -0.1) is 0 Å². The fraction of sp³-hybridized carbons (Fsp3) is 0.314. The van der Waals surface area contributed by atoms with Crippen LogP contribution in [0.1, 0.15) is 162 Å². The Labute approximate surface area is 431 Å². The van der Waals surface area contributed by atoms with Crippen LogP contribution in [-0.4, -0.2) is 6.18 Å². The summed E-state index contributed by atoms with van der Waals surface area (Å²) in [6.07, 6.45) is 3.11. The molecular formula is C70H67F3. The lowest BCUT2D eigenvalue weighted by molar-refractivity contribution is -0.172. The Morgan fingerprint density at radius 1 is 0.384 bits per heavy atom. The fourth-order valence-corrected chi connectivity index (χ4v) is 15.4. The van der Waals surface area contributed by atoms with Crippen LogP contribution >= 0.6 is 0 Å². The summed E-state index contributed by atoms with van der Waals surface area (Å²) in [5, 5.41) is 0. The van der Waals surface area contributed by atoms with E-state index in [4.69, 9.17) is 0 Å². The zero-order valence-electron chi connectivity index (χ0n) is 43.9. The van der Waals surface area contributed by atoms with Crippen molar-refractivity contribution in [2.45, 2.75) is 140 Å². The third-order valence-electron chi connectivity index (χ3n) is 20.1. The van der Waals surface area contributed by atoms with E-state index in [-0.39, 0.29) is 21.7 Å². The second-order valence-electron chi connectivity index (χ2n) is 22.2. The lowest BCUT2D eigenvalue weighted by Crippen LogP contribution is -2.42. The maximum atomic E-state index is 16.0. The summed E-state index contributed by atoms with van der Waals surface area (Å²) in [5.41, 5.74) is 20.4. The van der Waals surface area contributed by atoms with E-state index in [0.29, 0.717) is 22.3 Å². The van der Waals surface area contributed by atoms with Gasteiger partial charge in [0, 0.05) is 21.7 Å². The van der Waals surface area contributed by atoms with Gasteiger partial charge in [0.15, 0.2) is 0 Å². The van der Waals surface area contributed by atoms with Crippen LogP contribution in [0.4, 0.5) is 13.2 Å². The molecule has 4 aliphatic rings. The van der Waals surface area contributed by atoms with Crippen LogP contribution in [0.5, 0.6) is 0 Å². The average molecular weight is 965 g/mol. The second-order valence-corrected chi connectivity index (χ2v) is 22.2. The molecule has 0 saturated heterocycles. The SMILES string of the molecule is CCC(CC)(c1ccc(-c2ccc3c(c2)C(C)(C(F)(F)F)c2cc4c(cc2-3)CC4(CC)c2ccc(-c3ccc4c(c3)C(CC)(CC)c3ccccc3-4)cc2)cc1)c1ccc2c(c1)C(CC)(CC)c1ccccc1-2. The molecular weight excluding hydrogens is 898 g/mol. The first-order chi connectivity index (χ1) is 35.3. The summed E-state index contributed by atoms with van der Waals surface area (Å²) in [6, 6.07) is 59.5. The largest absolute Gasteiger partial charge is 0.402 e. The van der Waals surface area contributed by atoms with E-state index < -0.39 is 11.6 Å². The molecule has 3 heteroatoms. The number of fused-ring (bicyclic) bond motifs is 10. The van der Waals surface area contributed by atoms with Gasteiger partial charge in [0.05, 0.1) is 0 Å². The first-order valence-corrected chi connectivity index (χ1v) is 27.4. The van der Waals surface area contributed by atoms with Gasteiger partial charge in [-0.2, -0.15) is 13.2 Å². The van der Waals surface area contributed by atoms with Crippen molar-refractivity contribution in [1.82, 2.24) is 0 Å². The number of alkyl halides is 3. The molecule has 73 heavy (non-hydrogen) atoms. The highest BCUT2D eigenvalue weighted by Gasteiger charge is 2.59. The van der Waals surface area contributed by atoms with Crippen molar-refractivity contribution in [2.24, 2.45) is 0 Å². The molecule has 8 aromatic carbocycles. The number of rotatable bonds is 12. The van der Waals surface area contributed by atoms with E-state index in [1.165, 1.54) is 68.1 Å². The molecule has 2 atom stereocenters. The Balaban J connectivity index is 0.859. The summed E-state index contributed by atoms with van der Waals surface area (Å²) in [4.78, 5) is 0. The smallest absolute Gasteiger partial charge is 0.170 e. The highest BCUT2D eigenvalue weighted by atomic mass is 19.4. The van der Waals surface area contributed by atoms with Gasteiger partial charge in [0.1, 0.15) is 5.41 Å². The highest BCUT2D eigenvalue weighted by molar-refractivity contribution is 5.87. The molecule has 0 saturated carbocycles. The maximum Gasteiger partial charge on any atom is 0.402 e. The van der Waals surface area contributed by atoms with E-state index in [1.54, 1.807) is 0 Å². The number of hydrogen-bond acceptors (Lipinski definition) is 0. The summed E-state index contributed by atoms with van der Waals surface area (Å²) >= 11 is 0. The Kier molecular flexibility index (Phi) is 10.9. The summed E-state index contributed by atoms with van der Waals surface area (Å²) in [6.45, 7) is 17.4. The van der Waals surface area contributed by atoms with E-state index in [2.05, 4.69) is 188 Å². The standard InChI is InChI=1S/C70H67F3/c1-9-66(10-2,51-34-37-55-53-21-17-19-23-59(53)68(13-5,14-6)64(55)41-51)49-30-24-44(25-31-49)46-29-36-56-57-38-48-43-69(15-7,60(48)42-62(57)65(8,61(56)39-46)70(71,72)73)50-32-26-45(27-33-50)47-28-35-54-52-20-16-18-22-58(52)67(11-3,12-4)63(54)40-47/h16-42H,9-15,43H2,1-8H3. The van der Waals surface area contributed by atoms with Crippen molar-refractivity contribution in [2.75, 3.05) is 0 Å². The molecule has 0 spiro atoms. The lowest BCUT2D eigenvalue weighted by Gasteiger charge is -2.45. The van der Waals surface area contributed by atoms with Gasteiger partial charge in [-0.3, -0.25) is 0 Å². The molecule has 0 aromatic heterocycles. The van der Waals surface area contributed by atoms with E-state index >= 15 is 13.2 Å². The molecule has 0 N–H and O–H groups in total. The van der Waals surface area contributed by atoms with Gasteiger partial charge in [0.25, 0.3) is 0 Å². The van der Waals surface area contributed by atoms with Crippen LogP contribution < -0.4 is 0 Å². The first-order valence-electron chi connectivity index (χ1n) is 27.4. The quantitative estimate of drug-likeness (QED) is 0.114. The molecule has 0 heterocycles. The second kappa shape index (κ2) is 16.8. The fourth-order valence-electron chi connectivity index (χ4n) is 15.4. The van der Waals surface area contributed by atoms with Crippen LogP contribution in [-0.2, 0) is 33.5 Å². The molecule has 2 unspecified atom stereocenters. The van der Waals surface area contributed by atoms with Crippen molar-refractivity contribution in [3.05, 3.63) is 225 Å². The lowest BCUT2D eigenvalue weighted by atomic mass is 9.58. The van der Waals surface area contributed by atoms with Crippen LogP contribution in [0.2, 0.25) is 0 Å². The minimum atomic E-state index is -4.51. The number of halogens is 3. The van der Waals surface area contributed by atoms with Gasteiger partial charge >= 0.3 is 6.18 Å². The monoisotopic (exact) mass is 965 g/mol.